The van der Waals surface area contributed by atoms with Crippen molar-refractivity contribution in [1.29, 1.82) is 0 Å². The quantitative estimate of drug-likeness (QED) is 0.713. The van der Waals surface area contributed by atoms with Gasteiger partial charge in [0.1, 0.15) is 0 Å². The van der Waals surface area contributed by atoms with Crippen molar-refractivity contribution in [2.24, 2.45) is 0 Å². The summed E-state index contributed by atoms with van der Waals surface area (Å²) in [4.78, 5) is 2.38. The second kappa shape index (κ2) is 4.52. The van der Waals surface area contributed by atoms with Crippen molar-refractivity contribution in [2.75, 3.05) is 26.4 Å². The number of likely N-dealkylation sites (tertiary alicyclic amines) is 1. The fraction of sp³-hybridized carbons (Fsp3) is 1.00. The molecule has 0 unspecified atom stereocenters. The van der Waals surface area contributed by atoms with Crippen molar-refractivity contribution in [3.63, 3.8) is 0 Å². The van der Waals surface area contributed by atoms with Crippen molar-refractivity contribution in [2.45, 2.75) is 50.6 Å². The summed E-state index contributed by atoms with van der Waals surface area (Å²) in [5.74, 6) is 0. The van der Waals surface area contributed by atoms with E-state index in [1.54, 1.807) is 4.31 Å². The molecule has 5 heteroatoms. The number of fused-ring (bicyclic) bond motifs is 1. The Bertz CT molecular complexity index is 382. The van der Waals surface area contributed by atoms with E-state index in [9.17, 15) is 8.42 Å². The van der Waals surface area contributed by atoms with Gasteiger partial charge in [0.15, 0.2) is 0 Å². The number of likely N-dealkylation sites (N-methyl/N-ethyl adjacent to an activating group) is 1. The van der Waals surface area contributed by atoms with Crippen LogP contribution in [0.25, 0.3) is 0 Å². The zero-order chi connectivity index (χ0) is 12.7. The summed E-state index contributed by atoms with van der Waals surface area (Å²) in [6.45, 7) is 4.00. The first-order chi connectivity index (χ1) is 7.86. The van der Waals surface area contributed by atoms with E-state index in [0.717, 1.165) is 25.8 Å². The van der Waals surface area contributed by atoms with Gasteiger partial charge in [-0.15, -0.1) is 0 Å². The Balaban J connectivity index is 2.29. The van der Waals surface area contributed by atoms with E-state index in [1.807, 2.05) is 0 Å². The van der Waals surface area contributed by atoms with Crippen LogP contribution in [0.4, 0.5) is 0 Å². The number of hydrogen-bond donors (Lipinski definition) is 0. The molecule has 17 heavy (non-hydrogen) atoms. The van der Waals surface area contributed by atoms with E-state index in [0.29, 0.717) is 6.54 Å². The minimum Gasteiger partial charge on any atom is -0.299 e. The largest absolute Gasteiger partial charge is 0.299 e. The van der Waals surface area contributed by atoms with Crippen molar-refractivity contribution in [3.05, 3.63) is 0 Å². The van der Waals surface area contributed by atoms with Gasteiger partial charge in [0.25, 0.3) is 0 Å². The minimum atomic E-state index is -3.06. The highest BCUT2D eigenvalue weighted by Crippen LogP contribution is 2.38. The van der Waals surface area contributed by atoms with Gasteiger partial charge in [-0.3, -0.25) is 4.90 Å². The van der Waals surface area contributed by atoms with Gasteiger partial charge in [0, 0.05) is 18.1 Å². The third-order valence-electron chi connectivity index (χ3n) is 4.67. The van der Waals surface area contributed by atoms with Crippen molar-refractivity contribution in [3.8, 4) is 0 Å². The summed E-state index contributed by atoms with van der Waals surface area (Å²) >= 11 is 0. The van der Waals surface area contributed by atoms with Gasteiger partial charge in [-0.25, -0.2) is 8.42 Å². The maximum atomic E-state index is 11.8. The molecule has 0 aromatic rings. The average molecular weight is 260 g/mol. The van der Waals surface area contributed by atoms with Gasteiger partial charge in [-0.05, 0) is 39.8 Å². The molecule has 2 saturated heterocycles. The van der Waals surface area contributed by atoms with Crippen LogP contribution in [0.1, 0.15) is 39.0 Å². The number of nitrogens with zero attached hydrogens (tertiary/aromatic N) is 2. The highest BCUT2D eigenvalue weighted by molar-refractivity contribution is 7.88. The van der Waals surface area contributed by atoms with E-state index in [1.165, 1.54) is 19.1 Å². The molecule has 0 spiro atoms. The van der Waals surface area contributed by atoms with Crippen LogP contribution in [-0.4, -0.2) is 55.6 Å². The molecule has 2 aliphatic rings. The first kappa shape index (κ1) is 13.3. The summed E-state index contributed by atoms with van der Waals surface area (Å²) in [6, 6.07) is 0.169. The predicted molar refractivity (Wildman–Crippen MR) is 69.5 cm³/mol. The number of hydrogen-bond acceptors (Lipinski definition) is 3. The summed E-state index contributed by atoms with van der Waals surface area (Å²) < 4.78 is 25.4. The molecule has 2 rings (SSSR count). The molecule has 2 atom stereocenters. The average Bonchev–Trinajstić information content (AvgIpc) is 2.54. The minimum absolute atomic E-state index is 0.0312. The molecule has 0 N–H and O–H groups in total. The predicted octanol–water partition coefficient (Wildman–Crippen LogP) is 1.28. The van der Waals surface area contributed by atoms with Crippen molar-refractivity contribution in [1.82, 2.24) is 9.21 Å². The van der Waals surface area contributed by atoms with E-state index < -0.39 is 10.0 Å². The van der Waals surface area contributed by atoms with Gasteiger partial charge < -0.3 is 0 Å². The zero-order valence-corrected chi connectivity index (χ0v) is 12.0. The second-order valence-corrected chi connectivity index (χ2v) is 7.70. The smallest absolute Gasteiger partial charge is 0.211 e. The molecule has 2 heterocycles. The molecule has 0 aromatic heterocycles. The molecular weight excluding hydrogens is 236 g/mol. The standard InChI is InChI=1S/C12H24N2O2S/c1-12-8-10-14(17(3,15)16)11(12)7-5-4-6-9-13(12)2/h11H,4-10H2,1-3H3/t11-,12-/m0/s1. The Kier molecular flexibility index (Phi) is 3.54. The normalized spacial score (nSPS) is 37.5. The lowest BCUT2D eigenvalue weighted by Gasteiger charge is -2.43. The molecule has 0 amide bonds. The van der Waals surface area contributed by atoms with Gasteiger partial charge >= 0.3 is 0 Å². The van der Waals surface area contributed by atoms with Gasteiger partial charge in [-0.2, -0.15) is 4.31 Å². The third kappa shape index (κ3) is 2.37. The number of rotatable bonds is 1. The Labute approximate surface area is 105 Å². The monoisotopic (exact) mass is 260 g/mol. The SMILES string of the molecule is CN1CCCCC[C@@H]2N(S(C)(=O)=O)CC[C@@]21C. The van der Waals surface area contributed by atoms with Gasteiger partial charge in [0.2, 0.25) is 10.0 Å². The molecule has 0 radical (unpaired) electrons. The lowest BCUT2D eigenvalue weighted by molar-refractivity contribution is 0.0878. The maximum absolute atomic E-state index is 11.8. The molecule has 2 aliphatic heterocycles. The van der Waals surface area contributed by atoms with Crippen LogP contribution < -0.4 is 0 Å². The van der Waals surface area contributed by atoms with Crippen LogP contribution >= 0.6 is 0 Å². The van der Waals surface area contributed by atoms with Crippen LogP contribution in [0, 0.1) is 0 Å². The number of sulfonamides is 1. The molecular formula is C12H24N2O2S. The van der Waals surface area contributed by atoms with Crippen molar-refractivity contribution >= 4 is 10.0 Å². The Morgan fingerprint density at radius 2 is 1.88 bits per heavy atom. The third-order valence-corrected chi connectivity index (χ3v) is 5.96. The molecule has 2 fully saturated rings. The molecule has 4 nitrogen and oxygen atoms in total. The van der Waals surface area contributed by atoms with E-state index in [-0.39, 0.29) is 11.6 Å². The summed E-state index contributed by atoms with van der Waals surface area (Å²) in [7, 11) is -0.913. The maximum Gasteiger partial charge on any atom is 0.211 e. The first-order valence-corrected chi connectivity index (χ1v) is 8.38. The first-order valence-electron chi connectivity index (χ1n) is 6.54. The van der Waals surface area contributed by atoms with E-state index >= 15 is 0 Å². The molecule has 0 aliphatic carbocycles. The van der Waals surface area contributed by atoms with Crippen LogP contribution in [-0.2, 0) is 10.0 Å². The molecule has 0 aromatic carbocycles. The van der Waals surface area contributed by atoms with E-state index in [4.69, 9.17) is 0 Å². The Morgan fingerprint density at radius 1 is 1.18 bits per heavy atom. The fourth-order valence-corrected chi connectivity index (χ4v) is 4.60. The second-order valence-electron chi connectivity index (χ2n) is 5.77. The fourth-order valence-electron chi connectivity index (χ4n) is 3.39. The molecule has 0 saturated carbocycles. The summed E-state index contributed by atoms with van der Waals surface area (Å²) in [5, 5.41) is 0. The highest BCUT2D eigenvalue weighted by Gasteiger charge is 2.49. The molecule has 100 valence electrons. The van der Waals surface area contributed by atoms with E-state index in [2.05, 4.69) is 18.9 Å². The van der Waals surface area contributed by atoms with Gasteiger partial charge in [0.05, 0.1) is 6.26 Å². The summed E-state index contributed by atoms with van der Waals surface area (Å²) in [6.07, 6.45) is 6.92. The topological polar surface area (TPSA) is 40.6 Å². The van der Waals surface area contributed by atoms with Crippen LogP contribution in [0.5, 0.6) is 0 Å². The van der Waals surface area contributed by atoms with Crippen LogP contribution in [0.3, 0.4) is 0 Å². The lowest BCUT2D eigenvalue weighted by Crippen LogP contribution is -2.55. The van der Waals surface area contributed by atoms with Crippen LogP contribution in [0.15, 0.2) is 0 Å². The Morgan fingerprint density at radius 3 is 2.53 bits per heavy atom. The van der Waals surface area contributed by atoms with Crippen molar-refractivity contribution < 1.29 is 8.42 Å². The zero-order valence-electron chi connectivity index (χ0n) is 11.1. The van der Waals surface area contributed by atoms with Gasteiger partial charge in [-0.1, -0.05) is 12.8 Å². The Hall–Kier alpha value is -0.130. The lowest BCUT2D eigenvalue weighted by atomic mass is 9.86. The molecule has 0 bridgehead atoms. The van der Waals surface area contributed by atoms with Crippen LogP contribution in [0.2, 0.25) is 0 Å². The summed E-state index contributed by atoms with van der Waals surface area (Å²) in [5.41, 5.74) is 0.0312. The highest BCUT2D eigenvalue weighted by atomic mass is 32.2.